The van der Waals surface area contributed by atoms with E-state index >= 15 is 0 Å². The van der Waals surface area contributed by atoms with E-state index in [2.05, 4.69) is 10.3 Å². The van der Waals surface area contributed by atoms with Crippen LogP contribution in [0.2, 0.25) is 0 Å². The minimum absolute atomic E-state index is 0.126. The molecule has 2 aromatic rings. The average molecular weight is 202 g/mol. The van der Waals surface area contributed by atoms with Gasteiger partial charge in [0.25, 0.3) is 0 Å². The van der Waals surface area contributed by atoms with Gasteiger partial charge in [0.15, 0.2) is 5.78 Å². The molecule has 1 aromatic heterocycles. The predicted octanol–water partition coefficient (Wildman–Crippen LogP) is 0.543. The van der Waals surface area contributed by atoms with Crippen LogP contribution in [-0.4, -0.2) is 20.8 Å². The van der Waals surface area contributed by atoms with Crippen LogP contribution in [0.25, 0.3) is 5.69 Å². The van der Waals surface area contributed by atoms with Gasteiger partial charge in [-0.3, -0.25) is 4.79 Å². The van der Waals surface area contributed by atoms with E-state index in [9.17, 15) is 9.90 Å². The summed E-state index contributed by atoms with van der Waals surface area (Å²) in [5.74, 6) is -0.851. The van der Waals surface area contributed by atoms with E-state index in [1.165, 1.54) is 6.92 Å². The molecule has 0 aliphatic rings. The molecule has 2 rings (SSSR count). The minimum Gasteiger partial charge on any atom is -0.857 e. The Kier molecular flexibility index (Phi) is 2.21. The summed E-state index contributed by atoms with van der Waals surface area (Å²) in [5.41, 5.74) is 0.473. The highest BCUT2D eigenvalue weighted by Crippen LogP contribution is 2.15. The van der Waals surface area contributed by atoms with Gasteiger partial charge >= 0.3 is 0 Å². The van der Waals surface area contributed by atoms with Crippen LogP contribution in [0.4, 0.5) is 0 Å². The Morgan fingerprint density at radius 1 is 1.33 bits per heavy atom. The quantitative estimate of drug-likeness (QED) is 0.666. The molecule has 0 radical (unpaired) electrons. The molecule has 15 heavy (non-hydrogen) atoms. The van der Waals surface area contributed by atoms with Crippen molar-refractivity contribution in [2.24, 2.45) is 0 Å². The highest BCUT2D eigenvalue weighted by molar-refractivity contribution is 5.94. The predicted molar refractivity (Wildman–Crippen MR) is 50.8 cm³/mol. The Morgan fingerprint density at radius 3 is 2.53 bits per heavy atom. The van der Waals surface area contributed by atoms with E-state index in [-0.39, 0.29) is 11.5 Å². The second-order valence-electron chi connectivity index (χ2n) is 3.05. The number of hydrogen-bond donors (Lipinski definition) is 0. The summed E-state index contributed by atoms with van der Waals surface area (Å²) in [6.45, 7) is 1.29. The van der Waals surface area contributed by atoms with Crippen molar-refractivity contribution in [3.63, 3.8) is 0 Å². The Labute approximate surface area is 86.0 Å². The molecule has 0 aliphatic heterocycles. The monoisotopic (exact) mass is 202 g/mol. The second kappa shape index (κ2) is 3.53. The van der Waals surface area contributed by atoms with Crippen LogP contribution in [0.15, 0.2) is 30.3 Å². The summed E-state index contributed by atoms with van der Waals surface area (Å²) >= 11 is 0. The third-order valence-electron chi connectivity index (χ3n) is 1.96. The van der Waals surface area contributed by atoms with E-state index in [1.54, 1.807) is 24.3 Å². The molecular formula is C10H8N3O2-. The van der Waals surface area contributed by atoms with Crippen LogP contribution in [0.3, 0.4) is 0 Å². The molecule has 1 aromatic carbocycles. The first-order valence-electron chi connectivity index (χ1n) is 4.39. The van der Waals surface area contributed by atoms with Crippen molar-refractivity contribution in [1.82, 2.24) is 15.0 Å². The van der Waals surface area contributed by atoms with Crippen molar-refractivity contribution in [3.05, 3.63) is 36.0 Å². The summed E-state index contributed by atoms with van der Waals surface area (Å²) in [5, 5.41) is 18.8. The maximum absolute atomic E-state index is 11.6. The number of carbonyl (C=O) groups excluding carboxylic acids is 1. The molecule has 0 aliphatic carbocycles. The Bertz CT molecular complexity index is 491. The number of para-hydroxylation sites is 1. The number of Topliss-reactive ketones (excluding diaryl/α,β-unsaturated/α-hetero) is 1. The lowest BCUT2D eigenvalue weighted by Gasteiger charge is -2.09. The topological polar surface area (TPSA) is 70.8 Å². The normalized spacial score (nSPS) is 10.2. The molecule has 0 unspecified atom stereocenters. The van der Waals surface area contributed by atoms with Crippen molar-refractivity contribution in [2.45, 2.75) is 6.92 Å². The SMILES string of the molecule is CC(=O)c1nnn(-c2ccccc2)c1[O-]. The zero-order valence-corrected chi connectivity index (χ0v) is 8.04. The van der Waals surface area contributed by atoms with E-state index in [0.717, 1.165) is 4.68 Å². The molecule has 0 saturated heterocycles. The van der Waals surface area contributed by atoms with Crippen LogP contribution in [-0.2, 0) is 0 Å². The number of aromatic nitrogens is 3. The Morgan fingerprint density at radius 2 is 2.00 bits per heavy atom. The van der Waals surface area contributed by atoms with Crippen molar-refractivity contribution in [1.29, 1.82) is 0 Å². The molecule has 5 nitrogen and oxygen atoms in total. The van der Waals surface area contributed by atoms with Crippen LogP contribution >= 0.6 is 0 Å². The van der Waals surface area contributed by atoms with Gasteiger partial charge in [-0.1, -0.05) is 23.4 Å². The zero-order valence-electron chi connectivity index (χ0n) is 8.04. The first-order chi connectivity index (χ1) is 7.20. The van der Waals surface area contributed by atoms with Gasteiger partial charge in [-0.25, -0.2) is 4.68 Å². The first kappa shape index (κ1) is 9.39. The van der Waals surface area contributed by atoms with Gasteiger partial charge in [-0.05, 0) is 12.1 Å². The molecule has 0 saturated carbocycles. The highest BCUT2D eigenvalue weighted by Gasteiger charge is 2.09. The van der Waals surface area contributed by atoms with Gasteiger partial charge in [0.1, 0.15) is 5.69 Å². The van der Waals surface area contributed by atoms with Crippen molar-refractivity contribution in [3.8, 4) is 11.6 Å². The molecule has 5 heteroatoms. The van der Waals surface area contributed by atoms with Crippen LogP contribution in [0.5, 0.6) is 5.88 Å². The number of carbonyl (C=O) groups is 1. The third kappa shape index (κ3) is 1.59. The molecular weight excluding hydrogens is 194 g/mol. The molecule has 76 valence electrons. The Balaban J connectivity index is 2.52. The van der Waals surface area contributed by atoms with Gasteiger partial charge in [0.05, 0.1) is 5.69 Å². The fourth-order valence-electron chi connectivity index (χ4n) is 1.23. The molecule has 0 N–H and O–H groups in total. The van der Waals surface area contributed by atoms with E-state index in [4.69, 9.17) is 0 Å². The van der Waals surface area contributed by atoms with Crippen LogP contribution in [0, 0.1) is 0 Å². The fraction of sp³-hybridized carbons (Fsp3) is 0.100. The lowest BCUT2D eigenvalue weighted by Crippen LogP contribution is -2.06. The molecule has 0 atom stereocenters. The van der Waals surface area contributed by atoms with E-state index < -0.39 is 5.88 Å². The van der Waals surface area contributed by atoms with Gasteiger partial charge in [0, 0.05) is 12.8 Å². The van der Waals surface area contributed by atoms with E-state index in [1.807, 2.05) is 6.07 Å². The summed E-state index contributed by atoms with van der Waals surface area (Å²) in [6, 6.07) is 8.84. The maximum atomic E-state index is 11.6. The molecule has 0 bridgehead atoms. The smallest absolute Gasteiger partial charge is 0.181 e. The van der Waals surface area contributed by atoms with Gasteiger partial charge in [0.2, 0.25) is 0 Å². The van der Waals surface area contributed by atoms with Crippen LogP contribution in [0.1, 0.15) is 17.4 Å². The lowest BCUT2D eigenvalue weighted by atomic mass is 10.3. The average Bonchev–Trinajstić information content (AvgIpc) is 2.61. The number of nitrogens with zero attached hydrogens (tertiary/aromatic N) is 3. The highest BCUT2D eigenvalue weighted by atomic mass is 16.3. The summed E-state index contributed by atoms with van der Waals surface area (Å²) in [7, 11) is 0. The number of rotatable bonds is 2. The summed E-state index contributed by atoms with van der Waals surface area (Å²) < 4.78 is 1.11. The van der Waals surface area contributed by atoms with Gasteiger partial charge < -0.3 is 5.11 Å². The maximum Gasteiger partial charge on any atom is 0.181 e. The minimum atomic E-state index is -0.478. The third-order valence-corrected chi connectivity index (χ3v) is 1.96. The largest absolute Gasteiger partial charge is 0.857 e. The summed E-state index contributed by atoms with van der Waals surface area (Å²) in [4.78, 5) is 11.0. The summed E-state index contributed by atoms with van der Waals surface area (Å²) in [6.07, 6.45) is 0. The van der Waals surface area contributed by atoms with Gasteiger partial charge in [-0.15, -0.1) is 5.10 Å². The zero-order chi connectivity index (χ0) is 10.8. The number of benzene rings is 1. The number of ketones is 1. The molecule has 1 heterocycles. The van der Waals surface area contributed by atoms with Gasteiger partial charge in [-0.2, -0.15) is 0 Å². The fourth-order valence-corrected chi connectivity index (χ4v) is 1.23. The van der Waals surface area contributed by atoms with Crippen molar-refractivity contribution < 1.29 is 9.90 Å². The van der Waals surface area contributed by atoms with E-state index in [0.29, 0.717) is 5.69 Å². The lowest BCUT2D eigenvalue weighted by molar-refractivity contribution is -0.278. The van der Waals surface area contributed by atoms with Crippen LogP contribution < -0.4 is 5.11 Å². The second-order valence-corrected chi connectivity index (χ2v) is 3.05. The standard InChI is InChI=1S/C10H9N3O2/c1-7(14)9-10(15)13(12-11-9)8-5-3-2-4-6-8/h2-6,15H,1H3/p-1. The molecule has 0 spiro atoms. The van der Waals surface area contributed by atoms with Crippen molar-refractivity contribution in [2.75, 3.05) is 0 Å². The molecule has 0 fully saturated rings. The van der Waals surface area contributed by atoms with Crippen molar-refractivity contribution >= 4 is 5.78 Å². The first-order valence-corrected chi connectivity index (χ1v) is 4.39. The number of hydrogen-bond acceptors (Lipinski definition) is 4. The molecule has 0 amide bonds. The Hall–Kier alpha value is -2.17.